The highest BCUT2D eigenvalue weighted by atomic mass is 31.2. The Labute approximate surface area is 209 Å². The molecule has 2 aromatic heterocycles. The van der Waals surface area contributed by atoms with E-state index >= 15 is 0 Å². The Hall–Kier alpha value is -3.47. The highest BCUT2D eigenvalue weighted by Gasteiger charge is 2.32. The van der Waals surface area contributed by atoms with Crippen molar-refractivity contribution in [3.8, 4) is 5.88 Å². The van der Waals surface area contributed by atoms with Crippen molar-refractivity contribution in [2.24, 2.45) is 0 Å². The molecule has 3 N–H and O–H groups in total. The third-order valence-electron chi connectivity index (χ3n) is 5.09. The van der Waals surface area contributed by atoms with E-state index in [0.717, 1.165) is 5.56 Å². The maximum Gasteiger partial charge on any atom is 0.323 e. The number of benzene rings is 1. The van der Waals surface area contributed by atoms with Gasteiger partial charge in [0.25, 0.3) is 0 Å². The Kier molecular flexibility index (Phi) is 9.40. The van der Waals surface area contributed by atoms with Crippen LogP contribution in [0.25, 0.3) is 11.2 Å². The molecule has 36 heavy (non-hydrogen) atoms. The van der Waals surface area contributed by atoms with Gasteiger partial charge in [-0.25, -0.2) is 10.1 Å². The number of rotatable bonds is 14. The molecule has 194 valence electrons. The van der Waals surface area contributed by atoms with Crippen molar-refractivity contribution >= 4 is 30.4 Å². The lowest BCUT2D eigenvalue weighted by atomic mass is 10.2. The fraction of sp³-hybridized carbons (Fsp3) is 0.391. The molecule has 0 amide bonds. The number of nitrogens with two attached hydrogens (primary N) is 1. The van der Waals surface area contributed by atoms with Gasteiger partial charge in [-0.2, -0.15) is 9.97 Å². The van der Waals surface area contributed by atoms with Crippen molar-refractivity contribution in [2.75, 3.05) is 32.4 Å². The molecular weight excluding hydrogens is 487 g/mol. The summed E-state index contributed by atoms with van der Waals surface area (Å²) in [4.78, 5) is 24.6. The lowest BCUT2D eigenvalue weighted by Crippen LogP contribution is -2.34. The van der Waals surface area contributed by atoms with Crippen LogP contribution >= 0.6 is 7.29 Å². The highest BCUT2D eigenvalue weighted by Crippen LogP contribution is 2.50. The topological polar surface area (TPSA) is 153 Å². The first-order valence-electron chi connectivity index (χ1n) is 11.3. The zero-order valence-corrected chi connectivity index (χ0v) is 21.4. The number of nitrogens with one attached hydrogen (secondary N) is 1. The summed E-state index contributed by atoms with van der Waals surface area (Å²) in [6, 6.07) is 8.53. The van der Waals surface area contributed by atoms with E-state index in [0.29, 0.717) is 17.7 Å². The molecule has 13 heteroatoms. The molecule has 3 aromatic rings. The minimum absolute atomic E-state index is 0.000771. The van der Waals surface area contributed by atoms with E-state index in [9.17, 15) is 9.36 Å². The summed E-state index contributed by atoms with van der Waals surface area (Å²) in [5.41, 5.74) is 7.58. The summed E-state index contributed by atoms with van der Waals surface area (Å²) in [5.74, 6) is -0.217. The van der Waals surface area contributed by atoms with E-state index in [1.54, 1.807) is 24.7 Å². The van der Waals surface area contributed by atoms with Gasteiger partial charge in [-0.15, -0.1) is 0 Å². The maximum atomic E-state index is 13.8. The summed E-state index contributed by atoms with van der Waals surface area (Å²) in [6.45, 7) is 7.98. The molecule has 2 heterocycles. The van der Waals surface area contributed by atoms with Crippen LogP contribution in [0.4, 0.5) is 5.95 Å². The molecule has 0 radical (unpaired) electrons. The van der Waals surface area contributed by atoms with E-state index < -0.39 is 19.3 Å². The van der Waals surface area contributed by atoms with E-state index in [4.69, 9.17) is 24.7 Å². The van der Waals surface area contributed by atoms with E-state index in [1.165, 1.54) is 7.11 Å². The van der Waals surface area contributed by atoms with Gasteiger partial charge in [0.05, 0.1) is 26.7 Å². The molecule has 0 fully saturated rings. The predicted molar refractivity (Wildman–Crippen MR) is 134 cm³/mol. The quantitative estimate of drug-likeness (QED) is 0.140. The average Bonchev–Trinajstić information content (AvgIpc) is 3.27. The van der Waals surface area contributed by atoms with Gasteiger partial charge in [0, 0.05) is 6.54 Å². The number of carbonyl (C=O) groups excluding carboxylic acids is 1. The molecule has 0 saturated carbocycles. The summed E-state index contributed by atoms with van der Waals surface area (Å²) < 4.78 is 37.2. The number of aromatic nitrogens is 4. The van der Waals surface area contributed by atoms with Crippen molar-refractivity contribution in [3.63, 3.8) is 0 Å². The smallest absolute Gasteiger partial charge is 0.323 e. The molecule has 0 saturated heterocycles. The van der Waals surface area contributed by atoms with Crippen LogP contribution in [0.3, 0.4) is 0 Å². The number of esters is 1. The lowest BCUT2D eigenvalue weighted by molar-refractivity contribution is -0.144. The van der Waals surface area contributed by atoms with Crippen LogP contribution in [0.15, 0.2) is 48.7 Å². The number of nitrogen functional groups attached to an aromatic ring is 1. The van der Waals surface area contributed by atoms with Gasteiger partial charge in [-0.05, 0) is 19.4 Å². The van der Waals surface area contributed by atoms with Crippen molar-refractivity contribution in [3.05, 3.63) is 54.3 Å². The third-order valence-corrected chi connectivity index (χ3v) is 7.37. The monoisotopic (exact) mass is 518 g/mol. The summed E-state index contributed by atoms with van der Waals surface area (Å²) in [5, 5.41) is 2.82. The van der Waals surface area contributed by atoms with Crippen molar-refractivity contribution in [2.45, 2.75) is 33.0 Å². The zero-order chi connectivity index (χ0) is 26.1. The van der Waals surface area contributed by atoms with Gasteiger partial charge in [-0.3, -0.25) is 9.36 Å². The second kappa shape index (κ2) is 12.5. The van der Waals surface area contributed by atoms with Crippen LogP contribution < -0.4 is 15.6 Å². The molecule has 1 aromatic carbocycles. The van der Waals surface area contributed by atoms with Gasteiger partial charge in [0.15, 0.2) is 16.7 Å². The van der Waals surface area contributed by atoms with E-state index in [-0.39, 0.29) is 43.5 Å². The summed E-state index contributed by atoms with van der Waals surface area (Å²) in [6.07, 6.45) is 1.31. The van der Waals surface area contributed by atoms with Crippen LogP contribution in [-0.2, 0) is 36.7 Å². The van der Waals surface area contributed by atoms with Gasteiger partial charge in [0.2, 0.25) is 19.1 Å². The molecule has 0 aliphatic carbocycles. The molecule has 3 rings (SSSR count). The Bertz CT molecular complexity index is 1230. The Morgan fingerprint density at radius 1 is 1.25 bits per heavy atom. The number of fused-ring (bicyclic) bond motifs is 1. The zero-order valence-electron chi connectivity index (χ0n) is 20.5. The number of hydrogen-bond acceptors (Lipinski definition) is 10. The molecule has 0 unspecified atom stereocenters. The van der Waals surface area contributed by atoms with Crippen LogP contribution in [-0.4, -0.2) is 58.2 Å². The van der Waals surface area contributed by atoms with Crippen LogP contribution in [0.2, 0.25) is 0 Å². The normalized spacial score (nSPS) is 13.6. The second-order valence-corrected chi connectivity index (χ2v) is 10.2. The first kappa shape index (κ1) is 27.1. The van der Waals surface area contributed by atoms with Crippen LogP contribution in [0, 0.1) is 0 Å². The lowest BCUT2D eigenvalue weighted by Gasteiger charge is -2.25. The minimum Gasteiger partial charge on any atom is -0.484 e. The molecule has 0 aliphatic heterocycles. The number of anilines is 1. The van der Waals surface area contributed by atoms with Crippen molar-refractivity contribution in [1.29, 1.82) is 0 Å². The first-order chi connectivity index (χ1) is 17.3. The number of methoxy groups -OCH3 is 1. The summed E-state index contributed by atoms with van der Waals surface area (Å²) >= 11 is 0. The average molecular weight is 519 g/mol. The first-order valence-corrected chi connectivity index (χ1v) is 13.2. The van der Waals surface area contributed by atoms with E-state index in [2.05, 4.69) is 26.6 Å². The standard InChI is InChI=1S/C23H31N6O6P/c1-5-34-22(30)16(2)28-36(31,17(3)35-13-18-9-7-6-8-10-18)15-33-12-11-29-14-25-19-20(29)26-23(24)27-21(19)32-4/h6-10,14,16H,3,5,11-13,15H2,1-2,4H3,(H,28,31)(H2,24,26,27)/t16-,36+/m0/s1. The second-order valence-electron chi connectivity index (χ2n) is 7.75. The Balaban J connectivity index is 1.67. The number of hydrogen-bond donors (Lipinski definition) is 2. The fourth-order valence-corrected chi connectivity index (χ4v) is 5.01. The van der Waals surface area contributed by atoms with Gasteiger partial charge < -0.3 is 29.2 Å². The SMILES string of the molecule is C=C(OCc1ccccc1)[P@](=O)(COCCn1cnc2c(OC)nc(N)nc21)N[C@@H](C)C(=O)OCC. The number of nitrogens with zero attached hydrogens (tertiary/aromatic N) is 4. The Morgan fingerprint density at radius 3 is 2.69 bits per heavy atom. The third kappa shape index (κ3) is 6.81. The molecule has 0 spiro atoms. The molecular formula is C23H31N6O6P. The van der Waals surface area contributed by atoms with Gasteiger partial charge in [0.1, 0.15) is 19.0 Å². The number of carbonyl (C=O) groups is 1. The minimum atomic E-state index is -3.54. The fourth-order valence-electron chi connectivity index (χ4n) is 3.26. The van der Waals surface area contributed by atoms with Crippen molar-refractivity contribution < 1.29 is 28.3 Å². The Morgan fingerprint density at radius 2 is 2.00 bits per heavy atom. The highest BCUT2D eigenvalue weighted by molar-refractivity contribution is 7.65. The van der Waals surface area contributed by atoms with E-state index in [1.807, 2.05) is 30.3 Å². The molecule has 0 bridgehead atoms. The van der Waals surface area contributed by atoms with Crippen LogP contribution in [0.1, 0.15) is 19.4 Å². The predicted octanol–water partition coefficient (Wildman–Crippen LogP) is 2.90. The van der Waals surface area contributed by atoms with Gasteiger partial charge >= 0.3 is 5.97 Å². The molecule has 2 atom stereocenters. The van der Waals surface area contributed by atoms with Gasteiger partial charge in [-0.1, -0.05) is 36.9 Å². The van der Waals surface area contributed by atoms with Crippen LogP contribution in [0.5, 0.6) is 5.88 Å². The maximum absolute atomic E-state index is 13.8. The van der Waals surface area contributed by atoms with Crippen molar-refractivity contribution in [1.82, 2.24) is 24.6 Å². The molecule has 12 nitrogen and oxygen atoms in total. The number of imidazole rings is 1. The summed E-state index contributed by atoms with van der Waals surface area (Å²) in [7, 11) is -2.07. The number of ether oxygens (including phenoxy) is 4. The molecule has 0 aliphatic rings. The largest absolute Gasteiger partial charge is 0.484 e.